The number of carbonyl (C=O) groups is 2. The first kappa shape index (κ1) is 16.6. The number of anilines is 1. The van der Waals surface area contributed by atoms with E-state index in [0.29, 0.717) is 19.0 Å². The maximum atomic E-state index is 13.9. The second-order valence-corrected chi connectivity index (χ2v) is 5.56. The normalized spacial score (nSPS) is 16.8. The molecule has 3 rings (SSSR count). The number of halogens is 1. The summed E-state index contributed by atoms with van der Waals surface area (Å²) in [5.74, 6) is -2.06. The molecule has 1 aliphatic heterocycles. The number of amides is 2. The smallest absolute Gasteiger partial charge is 0.272 e. The highest BCUT2D eigenvalue weighted by Gasteiger charge is 2.34. The molecule has 2 aromatic rings. The van der Waals surface area contributed by atoms with Crippen LogP contribution in [0.5, 0.6) is 0 Å². The Morgan fingerprint density at radius 2 is 1.96 bits per heavy atom. The fourth-order valence-corrected chi connectivity index (χ4v) is 2.72. The lowest BCUT2D eigenvalue weighted by Crippen LogP contribution is -2.41. The molecule has 1 saturated heterocycles. The lowest BCUT2D eigenvalue weighted by molar-refractivity contribution is -0.385. The van der Waals surface area contributed by atoms with Gasteiger partial charge in [0.25, 0.3) is 11.6 Å². The van der Waals surface area contributed by atoms with Gasteiger partial charge in [-0.05, 0) is 24.6 Å². The molecule has 1 N–H and O–H groups in total. The molecule has 0 bridgehead atoms. The number of nitrogens with zero attached hydrogens (tertiary/aromatic N) is 2. The monoisotopic (exact) mass is 343 g/mol. The Labute approximate surface area is 142 Å². The summed E-state index contributed by atoms with van der Waals surface area (Å²) in [4.78, 5) is 36.0. The third-order valence-electron chi connectivity index (χ3n) is 3.99. The maximum absolute atomic E-state index is 13.9. The molecule has 8 heteroatoms. The molecule has 25 heavy (non-hydrogen) atoms. The Balaban J connectivity index is 1.72. The van der Waals surface area contributed by atoms with Crippen molar-refractivity contribution in [1.29, 1.82) is 0 Å². The average molecular weight is 343 g/mol. The van der Waals surface area contributed by atoms with Crippen molar-refractivity contribution in [1.82, 2.24) is 5.32 Å². The van der Waals surface area contributed by atoms with E-state index in [9.17, 15) is 24.1 Å². The maximum Gasteiger partial charge on any atom is 0.272 e. The molecule has 2 amide bonds. The van der Waals surface area contributed by atoms with Gasteiger partial charge in [0.1, 0.15) is 11.9 Å². The van der Waals surface area contributed by atoms with E-state index in [2.05, 4.69) is 5.32 Å². The molecule has 0 aromatic heterocycles. The highest BCUT2D eigenvalue weighted by molar-refractivity contribution is 6.04. The van der Waals surface area contributed by atoms with Crippen molar-refractivity contribution in [2.45, 2.75) is 12.5 Å². The van der Waals surface area contributed by atoms with Gasteiger partial charge in [-0.15, -0.1) is 0 Å². The van der Waals surface area contributed by atoms with Gasteiger partial charge in [0, 0.05) is 18.3 Å². The topological polar surface area (TPSA) is 92.6 Å². The quantitative estimate of drug-likeness (QED) is 0.681. The van der Waals surface area contributed by atoms with Crippen molar-refractivity contribution >= 4 is 23.2 Å². The van der Waals surface area contributed by atoms with E-state index in [1.54, 1.807) is 29.2 Å². The fraction of sp³-hybridized carbons (Fsp3) is 0.176. The molecule has 128 valence electrons. The van der Waals surface area contributed by atoms with Crippen LogP contribution in [-0.4, -0.2) is 29.3 Å². The van der Waals surface area contributed by atoms with Crippen molar-refractivity contribution in [2.24, 2.45) is 0 Å². The third kappa shape index (κ3) is 3.32. The Hall–Kier alpha value is -3.29. The molecule has 0 spiro atoms. The summed E-state index contributed by atoms with van der Waals surface area (Å²) in [6.07, 6.45) is 0.397. The van der Waals surface area contributed by atoms with Crippen LogP contribution in [0.25, 0.3) is 0 Å². The molecular weight excluding hydrogens is 329 g/mol. The van der Waals surface area contributed by atoms with E-state index in [1.165, 1.54) is 0 Å². The molecule has 1 heterocycles. The van der Waals surface area contributed by atoms with Gasteiger partial charge in [0.05, 0.1) is 16.6 Å². The van der Waals surface area contributed by atoms with Gasteiger partial charge >= 0.3 is 0 Å². The molecule has 1 fully saturated rings. The number of rotatable bonds is 4. The van der Waals surface area contributed by atoms with Crippen molar-refractivity contribution in [2.75, 3.05) is 11.4 Å². The molecule has 2 aromatic carbocycles. The summed E-state index contributed by atoms with van der Waals surface area (Å²) < 4.78 is 13.9. The zero-order chi connectivity index (χ0) is 18.0. The molecule has 7 nitrogen and oxygen atoms in total. The van der Waals surface area contributed by atoms with Gasteiger partial charge in [0.15, 0.2) is 0 Å². The zero-order valence-electron chi connectivity index (χ0n) is 13.0. The predicted molar refractivity (Wildman–Crippen MR) is 87.7 cm³/mol. The van der Waals surface area contributed by atoms with Crippen molar-refractivity contribution < 1.29 is 18.9 Å². The van der Waals surface area contributed by atoms with Gasteiger partial charge in [-0.25, -0.2) is 4.39 Å². The molecule has 0 radical (unpaired) electrons. The second kappa shape index (κ2) is 6.68. The van der Waals surface area contributed by atoms with Crippen LogP contribution in [0.1, 0.15) is 16.8 Å². The molecular formula is C17H14FN3O4. The number of hydrogen-bond donors (Lipinski definition) is 1. The summed E-state index contributed by atoms with van der Waals surface area (Å²) in [6, 6.07) is 11.0. The van der Waals surface area contributed by atoms with Gasteiger partial charge in [-0.3, -0.25) is 19.7 Å². The average Bonchev–Trinajstić information content (AvgIpc) is 2.96. The number of benzene rings is 2. The minimum Gasteiger partial charge on any atom is -0.340 e. The number of carbonyl (C=O) groups excluding carboxylic acids is 2. The number of para-hydroxylation sites is 1. The number of hydrogen-bond acceptors (Lipinski definition) is 4. The van der Waals surface area contributed by atoms with E-state index < -0.39 is 28.4 Å². The predicted octanol–water partition coefficient (Wildman–Crippen LogP) is 2.27. The summed E-state index contributed by atoms with van der Waals surface area (Å²) in [6.45, 7) is 0.441. The SMILES string of the molecule is O=C(N[C@H]1CCN(c2ccccc2)C1=O)c1ccc([N+](=O)[O-])cc1F. The highest BCUT2D eigenvalue weighted by atomic mass is 19.1. The number of nitro benzene ring substituents is 1. The first-order valence-corrected chi connectivity index (χ1v) is 7.58. The van der Waals surface area contributed by atoms with Gasteiger partial charge < -0.3 is 10.2 Å². The minimum atomic E-state index is -1.00. The van der Waals surface area contributed by atoms with E-state index in [4.69, 9.17) is 0 Å². The molecule has 0 saturated carbocycles. The van der Waals surface area contributed by atoms with E-state index >= 15 is 0 Å². The van der Waals surface area contributed by atoms with Crippen LogP contribution in [0.4, 0.5) is 15.8 Å². The van der Waals surface area contributed by atoms with Crippen LogP contribution >= 0.6 is 0 Å². The van der Waals surface area contributed by atoms with E-state index in [1.807, 2.05) is 6.07 Å². The summed E-state index contributed by atoms with van der Waals surface area (Å²) in [5.41, 5.74) is -0.0522. The van der Waals surface area contributed by atoms with Crippen molar-refractivity contribution in [3.63, 3.8) is 0 Å². The van der Waals surface area contributed by atoms with Crippen molar-refractivity contribution in [3.8, 4) is 0 Å². The van der Waals surface area contributed by atoms with Crippen LogP contribution in [0.3, 0.4) is 0 Å². The first-order valence-electron chi connectivity index (χ1n) is 7.58. The van der Waals surface area contributed by atoms with Crippen molar-refractivity contribution in [3.05, 3.63) is 70.0 Å². The second-order valence-electron chi connectivity index (χ2n) is 5.56. The Bertz CT molecular complexity index is 841. The van der Waals surface area contributed by atoms with Crippen LogP contribution in [-0.2, 0) is 4.79 Å². The van der Waals surface area contributed by atoms with Crippen LogP contribution in [0.2, 0.25) is 0 Å². The molecule has 1 atom stereocenters. The Morgan fingerprint density at radius 1 is 1.24 bits per heavy atom. The minimum absolute atomic E-state index is 0.276. The molecule has 1 aliphatic rings. The Kier molecular flexibility index (Phi) is 4.42. The number of non-ortho nitro benzene ring substituents is 1. The number of nitrogens with one attached hydrogen (secondary N) is 1. The van der Waals surface area contributed by atoms with Crippen LogP contribution in [0.15, 0.2) is 48.5 Å². The fourth-order valence-electron chi connectivity index (χ4n) is 2.72. The standard InChI is InChI=1S/C17H14FN3O4/c18-14-10-12(21(24)25)6-7-13(14)16(22)19-15-8-9-20(17(15)23)11-4-2-1-3-5-11/h1-7,10,15H,8-9H2,(H,19,22)/t15-/m0/s1. The van der Waals surface area contributed by atoms with Gasteiger partial charge in [-0.2, -0.15) is 0 Å². The van der Waals surface area contributed by atoms with E-state index in [-0.39, 0.29) is 11.5 Å². The highest BCUT2D eigenvalue weighted by Crippen LogP contribution is 2.22. The summed E-state index contributed by atoms with van der Waals surface area (Å²) >= 11 is 0. The third-order valence-corrected chi connectivity index (χ3v) is 3.99. The lowest BCUT2D eigenvalue weighted by Gasteiger charge is -2.17. The van der Waals surface area contributed by atoms with Crippen LogP contribution in [0, 0.1) is 15.9 Å². The summed E-state index contributed by atoms with van der Waals surface area (Å²) in [5, 5.41) is 13.1. The summed E-state index contributed by atoms with van der Waals surface area (Å²) in [7, 11) is 0. The zero-order valence-corrected chi connectivity index (χ0v) is 13.0. The lowest BCUT2D eigenvalue weighted by atomic mass is 10.1. The molecule has 0 aliphatic carbocycles. The van der Waals surface area contributed by atoms with Gasteiger partial charge in [-0.1, -0.05) is 18.2 Å². The Morgan fingerprint density at radius 3 is 2.60 bits per heavy atom. The molecule has 0 unspecified atom stereocenters. The van der Waals surface area contributed by atoms with Gasteiger partial charge in [0.2, 0.25) is 5.91 Å². The first-order chi connectivity index (χ1) is 12.0. The largest absolute Gasteiger partial charge is 0.340 e. The van der Waals surface area contributed by atoms with Crippen LogP contribution < -0.4 is 10.2 Å². The van der Waals surface area contributed by atoms with E-state index in [0.717, 1.165) is 17.8 Å². The number of nitro groups is 1.